The fourth-order valence-electron chi connectivity index (χ4n) is 20.3. The molecule has 0 bridgehead atoms. The van der Waals surface area contributed by atoms with Crippen molar-refractivity contribution in [3.63, 3.8) is 0 Å². The molecule has 0 fully saturated rings. The summed E-state index contributed by atoms with van der Waals surface area (Å²) >= 11 is 0. The monoisotopic (exact) mass is 1780 g/mol. The van der Waals surface area contributed by atoms with Crippen molar-refractivity contribution in [2.75, 3.05) is 0 Å². The van der Waals surface area contributed by atoms with E-state index in [0.717, 1.165) is 159 Å². The first-order chi connectivity index (χ1) is 64.5. The van der Waals surface area contributed by atoms with E-state index < -0.39 is 47.0 Å². The van der Waals surface area contributed by atoms with Gasteiger partial charge in [-0.25, -0.2) is 0 Å². The van der Waals surface area contributed by atoms with Crippen molar-refractivity contribution in [3.05, 3.63) is 431 Å². The molecule has 0 aliphatic carbocycles. The Kier molecular flexibility index (Phi) is 19.9. The summed E-state index contributed by atoms with van der Waals surface area (Å²) in [6.07, 6.45) is -19.3. The van der Waals surface area contributed by atoms with E-state index in [1.807, 2.05) is 308 Å². The molecule has 0 saturated heterocycles. The first kappa shape index (κ1) is 83.9. The van der Waals surface area contributed by atoms with Crippen molar-refractivity contribution < 1.29 is 52.7 Å². The molecule has 0 aliphatic heterocycles. The molecule has 0 amide bonds. The quantitative estimate of drug-likeness (QED) is 0.0967. The van der Waals surface area contributed by atoms with Gasteiger partial charge < -0.3 is 18.3 Å². The summed E-state index contributed by atoms with van der Waals surface area (Å²) in [6.45, 7) is 10.00. The molecule has 4 nitrogen and oxygen atoms in total. The average molecular weight is 1780 g/mol. The smallest absolute Gasteiger partial charge is 0.309 e. The van der Waals surface area contributed by atoms with Gasteiger partial charge in [0.15, 0.2) is 0 Å². The van der Waals surface area contributed by atoms with E-state index in [2.05, 4.69) is 12.1 Å². The molecular weight excluding hydrogens is 1700 g/mol. The topological polar surface area (TPSA) is 19.7 Å². The largest absolute Gasteiger partial charge is 0.416 e. The summed E-state index contributed by atoms with van der Waals surface area (Å²) in [6, 6.07) is 109. The highest BCUT2D eigenvalue weighted by Crippen LogP contribution is 2.52. The Bertz CT molecular complexity index is 8510. The van der Waals surface area contributed by atoms with Gasteiger partial charge >= 0.3 is 24.7 Å². The third kappa shape index (κ3) is 14.5. The number of nitrogens with zero attached hydrogens (tertiary/aromatic N) is 4. The van der Waals surface area contributed by atoms with Gasteiger partial charge in [0.1, 0.15) is 0 Å². The number of alkyl halides is 12. The third-order valence-corrected chi connectivity index (χ3v) is 26.6. The van der Waals surface area contributed by atoms with Gasteiger partial charge in [-0.3, -0.25) is 0 Å². The zero-order valence-electron chi connectivity index (χ0n) is 72.7. The van der Waals surface area contributed by atoms with E-state index in [1.54, 1.807) is 30.4 Å². The molecule has 18 aromatic carbocycles. The highest BCUT2D eigenvalue weighted by molar-refractivity contribution is 6.17. The molecule has 654 valence electrons. The standard InChI is InChI=1S/C118H78F12N4/c1-68-20-16-25-75(52-68)77-40-46-94-92-34-12-14-36-101(92)133(107(94)62-77)111-66-88(118(128,129)130)67-112(114(111)84-28-19-30-86(57-84)116(122,123)124)134-102-37-15-13-35-93(102)95-47-41-78(63-108(95)134)76-26-17-24-73(54-76)53-74-39-38-72(5)96(55-74)82-45-51-106-100(61-82)99-60-81(91-33-11-8-23-71(91)4)44-50-105(99)132(106)110-65-87(117(125,126)127)64-109(113(110)83-27-18-29-85(56-83)115(119,120)121)131-103-48-42-79(89-31-9-6-21-69(89)2)58-97(103)98-59-80(43-49-104(98)131)90-32-10-7-22-70(90)3/h6-52,54-67H,53H2,1-5H3. The van der Waals surface area contributed by atoms with Gasteiger partial charge in [0.05, 0.1) is 89.1 Å². The van der Waals surface area contributed by atoms with E-state index in [-0.39, 0.29) is 45.0 Å². The van der Waals surface area contributed by atoms with Crippen LogP contribution < -0.4 is 0 Å². The van der Waals surface area contributed by atoms with Crippen LogP contribution in [0.15, 0.2) is 370 Å². The van der Waals surface area contributed by atoms with Crippen LogP contribution in [0, 0.1) is 34.6 Å². The minimum absolute atomic E-state index is 0.00529. The zero-order valence-corrected chi connectivity index (χ0v) is 72.7. The van der Waals surface area contributed by atoms with E-state index >= 15 is 52.7 Å². The molecule has 0 saturated carbocycles. The molecule has 134 heavy (non-hydrogen) atoms. The van der Waals surface area contributed by atoms with Gasteiger partial charge in [-0.05, 0) is 274 Å². The Morgan fingerprint density at radius 2 is 0.493 bits per heavy atom. The number of aromatic nitrogens is 4. The molecule has 22 aromatic rings. The van der Waals surface area contributed by atoms with Crippen LogP contribution in [0.1, 0.15) is 61.2 Å². The lowest BCUT2D eigenvalue weighted by molar-refractivity contribution is -0.138. The second-order valence-corrected chi connectivity index (χ2v) is 35.0. The van der Waals surface area contributed by atoms with Crippen LogP contribution in [-0.4, -0.2) is 18.3 Å². The molecule has 0 atom stereocenters. The Morgan fingerprint density at radius 3 is 0.888 bits per heavy atom. The number of para-hydroxylation sites is 2. The first-order valence-electron chi connectivity index (χ1n) is 44.1. The van der Waals surface area contributed by atoms with Crippen molar-refractivity contribution in [2.24, 2.45) is 0 Å². The SMILES string of the molecule is Cc1cccc(-c2ccc3c4ccccc4n(-c4cc(C(F)(F)F)cc(-n5c6ccccc6c6ccc(-c7cccc(Cc8ccc(C)c(-c9ccc%10c(c9)c9cc(-c%11ccccc%11C)ccc9n%10-c9cc(C(F)(F)F)cc(-n%10c%11ccc(-c%12ccccc%12C)cc%11c%11cc(-c%12ccccc%12C)ccc%11%10)c9-c9cccc(C(F)(F)F)c9)c8)c7)cc65)c4-c4cccc(C(F)(F)F)c4)c3c2)c1. The number of hydrogen-bond donors (Lipinski definition) is 0. The Labute approximate surface area is 762 Å². The van der Waals surface area contributed by atoms with Gasteiger partial charge in [0.2, 0.25) is 0 Å². The maximum Gasteiger partial charge on any atom is 0.416 e. The van der Waals surface area contributed by atoms with Crippen molar-refractivity contribution in [1.29, 1.82) is 0 Å². The van der Waals surface area contributed by atoms with Crippen molar-refractivity contribution in [3.8, 4) is 112 Å². The summed E-state index contributed by atoms with van der Waals surface area (Å²) in [7, 11) is 0. The number of hydrogen-bond acceptors (Lipinski definition) is 0. The van der Waals surface area contributed by atoms with Gasteiger partial charge in [0, 0.05) is 54.2 Å². The molecule has 4 aromatic heterocycles. The fourth-order valence-corrected chi connectivity index (χ4v) is 20.3. The highest BCUT2D eigenvalue weighted by atomic mass is 19.4. The van der Waals surface area contributed by atoms with E-state index in [9.17, 15) is 0 Å². The molecule has 0 spiro atoms. The Hall–Kier alpha value is -15.7. The lowest BCUT2D eigenvalue weighted by Crippen LogP contribution is -2.11. The first-order valence-corrected chi connectivity index (χ1v) is 44.1. The summed E-state index contributed by atoms with van der Waals surface area (Å²) in [5.41, 5.74) is 17.0. The normalized spacial score (nSPS) is 12.4. The molecule has 0 unspecified atom stereocenters. The number of benzene rings is 18. The zero-order chi connectivity index (χ0) is 92.3. The van der Waals surface area contributed by atoms with Crippen LogP contribution in [0.25, 0.3) is 199 Å². The van der Waals surface area contributed by atoms with Crippen molar-refractivity contribution in [2.45, 2.75) is 65.7 Å². The van der Waals surface area contributed by atoms with E-state index in [0.29, 0.717) is 88.4 Å². The molecule has 16 heteroatoms. The predicted octanol–water partition coefficient (Wildman–Crippen LogP) is 34.6. The van der Waals surface area contributed by atoms with Gasteiger partial charge in [-0.15, -0.1) is 0 Å². The van der Waals surface area contributed by atoms with Crippen LogP contribution in [0.4, 0.5) is 52.7 Å². The molecule has 0 radical (unpaired) electrons. The fraction of sp³-hybridized carbons (Fsp3) is 0.0847. The predicted molar refractivity (Wildman–Crippen MR) is 520 cm³/mol. The second-order valence-electron chi connectivity index (χ2n) is 35.0. The number of aryl methyl sites for hydroxylation is 5. The van der Waals surface area contributed by atoms with Crippen LogP contribution in [0.3, 0.4) is 0 Å². The maximum absolute atomic E-state index is 16.6. The summed E-state index contributed by atoms with van der Waals surface area (Å²) in [5, 5.41) is 5.54. The number of rotatable bonds is 14. The van der Waals surface area contributed by atoms with Crippen LogP contribution in [-0.2, 0) is 31.1 Å². The molecule has 0 aliphatic rings. The van der Waals surface area contributed by atoms with E-state index in [1.165, 1.54) is 24.3 Å². The second kappa shape index (κ2) is 31.8. The number of halogens is 12. The van der Waals surface area contributed by atoms with Gasteiger partial charge in [0.25, 0.3) is 0 Å². The summed E-state index contributed by atoms with van der Waals surface area (Å²) in [5.74, 6) is 0. The lowest BCUT2D eigenvalue weighted by Gasteiger charge is -2.23. The molecule has 0 N–H and O–H groups in total. The van der Waals surface area contributed by atoms with Crippen molar-refractivity contribution >= 4 is 87.2 Å². The Morgan fingerprint density at radius 1 is 0.187 bits per heavy atom. The van der Waals surface area contributed by atoms with Crippen LogP contribution in [0.5, 0.6) is 0 Å². The Balaban J connectivity index is 0.701. The minimum Gasteiger partial charge on any atom is -0.309 e. The van der Waals surface area contributed by atoms with E-state index in [4.69, 9.17) is 0 Å². The molecular formula is C118H78F12N4. The van der Waals surface area contributed by atoms with Crippen LogP contribution in [0.2, 0.25) is 0 Å². The molecule has 22 rings (SSSR count). The van der Waals surface area contributed by atoms with Crippen LogP contribution >= 0.6 is 0 Å². The molecule has 4 heterocycles. The maximum atomic E-state index is 16.6. The van der Waals surface area contributed by atoms with Crippen molar-refractivity contribution in [1.82, 2.24) is 18.3 Å². The summed E-state index contributed by atoms with van der Waals surface area (Å²) < 4.78 is 198. The third-order valence-electron chi connectivity index (χ3n) is 26.6. The average Bonchev–Trinajstić information content (AvgIpc) is 1.55. The lowest BCUT2D eigenvalue weighted by atomic mass is 9.93. The summed E-state index contributed by atoms with van der Waals surface area (Å²) in [4.78, 5) is 0. The number of fused-ring (bicyclic) bond motifs is 12. The minimum atomic E-state index is -5.00. The van der Waals surface area contributed by atoms with Gasteiger partial charge in [-0.2, -0.15) is 52.7 Å². The van der Waals surface area contributed by atoms with Gasteiger partial charge in [-0.1, -0.05) is 254 Å². The highest BCUT2D eigenvalue weighted by Gasteiger charge is 2.39.